The Bertz CT molecular complexity index is 177. The van der Waals surface area contributed by atoms with Crippen molar-refractivity contribution in [2.45, 2.75) is 19.9 Å². The van der Waals surface area contributed by atoms with Gasteiger partial charge in [0.05, 0.1) is 0 Å². The molecule has 1 amide bonds. The molecule has 150 valence electrons. The van der Waals surface area contributed by atoms with Gasteiger partial charge in [0.15, 0.2) is 0 Å². The molecule has 0 aromatic heterocycles. The molecule has 1 atom stereocenters. The van der Waals surface area contributed by atoms with Gasteiger partial charge in [-0.05, 0) is 17.7 Å². The number of carbonyl (C=O) groups is 1. The van der Waals surface area contributed by atoms with E-state index in [1.165, 1.54) is 2530 Å². The molecule has 1 unspecified atom stereocenters. The van der Waals surface area contributed by atoms with Crippen molar-refractivity contribution in [1.29, 1.82) is 0 Å². The molecule has 0 spiro atoms. The van der Waals surface area contributed by atoms with Gasteiger partial charge in [-0.1, -0.05) is 13.8 Å². The van der Waals surface area contributed by atoms with Crippen LogP contribution in [0.25, 0.3) is 6.15 Å². The minimum Gasteiger partial charge on any atom is -0.693 e. The fourth-order valence-corrected chi connectivity index (χ4v) is 0.899. The van der Waals surface area contributed by atoms with Gasteiger partial charge < -0.3 is 7.58 Å². The van der Waals surface area contributed by atoms with E-state index in [-0.39, 0.29) is 219 Å². The van der Waals surface area contributed by atoms with Crippen molar-refractivity contribution in [3.05, 3.63) is 6.15 Å². The van der Waals surface area contributed by atoms with Crippen LogP contribution in [0.5, 0.6) is 0 Å². The van der Waals surface area contributed by atoms with Crippen LogP contribution >= 0.6 is 11.8 Å². The first-order chi connectivity index (χ1) is 44.6. The van der Waals surface area contributed by atoms with Gasteiger partial charge in [0, 0.05) is 0 Å². The Kier molecular flexibility index (Phi) is 2100. The van der Waals surface area contributed by atoms with Gasteiger partial charge in [-0.25, -0.2) is 10.3 Å². The van der Waals surface area contributed by atoms with E-state index >= 15 is 0 Å². The quantitative estimate of drug-likeness (QED) is 0.114. The summed E-state index contributed by atoms with van der Waals surface area (Å²) in [6.45, 7) is 3.63. The van der Waals surface area contributed by atoms with Crippen LogP contribution in [0.4, 0.5) is 0 Å². The van der Waals surface area contributed by atoms with Crippen molar-refractivity contribution in [2.24, 2.45) is 5.92 Å². The summed E-state index contributed by atoms with van der Waals surface area (Å²) in [5.74, 6) is -0.477. The predicted molar refractivity (Wildman–Crippen MR) is 504 cm³/mol. The average molecular weight is 3470 g/mol. The standard InChI is InChI=1S/C5H11ClN2O2.84K.H2N.H/c1-3(2)4(7-6)5(9)8-10;;;;;;;;;;;;;;;;;;;;;;;;;;;;;;;;;;;;;;;;;;;;;;;;;;;;;;;;;;;;;;;;;;;;;;;;;;;;;;;;;;;;;;/h3-4,7,10H,1-2H3,(H,8,9);;;;;;;;;;;;;;;;;;;;;;;;;;;;;;;;;;;;;;;;;;;;;;;;;;;;;;;;;;;;;;;;;;;;;;;;;;;;;;;;;;;;;1H2;/q;;;;;;;;;;;;;;;;;;;;;;;;;;;;;;;;;;;;;;;;;;;;;;;;;;;;;;;;;;;;;;;;;;;;;;;;;;;;;;;;;4*+1;2*-1. The fourth-order valence-electron chi connectivity index (χ4n) is 0.548. The molecule has 0 heterocycles. The second-order valence-electron chi connectivity index (χ2n) is 2.31. The summed E-state index contributed by atoms with van der Waals surface area (Å²) >= 11 is 105. The number of amides is 1. The number of hydrogen-bond donors (Lipinski definition) is 3. The number of nitrogens with two attached hydrogens (primary N) is 1. The van der Waals surface area contributed by atoms with Crippen LogP contribution in [0.15, 0.2) is 0 Å². The van der Waals surface area contributed by atoms with E-state index in [1.807, 2.05) is 13.8 Å². The van der Waals surface area contributed by atoms with Gasteiger partial charge in [-0.3, -0.25) is 10.0 Å². The van der Waals surface area contributed by atoms with E-state index in [0.29, 0.717) is 0 Å². The van der Waals surface area contributed by atoms with Crippen LogP contribution in [-0.2, 0) is 4.79 Å². The van der Waals surface area contributed by atoms with Crippen LogP contribution in [0.2, 0.25) is 0 Å². The summed E-state index contributed by atoms with van der Waals surface area (Å²) in [6, 6.07) is -0.549. The zero-order valence-electron chi connectivity index (χ0n) is 91.5. The van der Waals surface area contributed by atoms with Gasteiger partial charge in [0.2, 0.25) is 0 Å². The number of carbonyl (C=O) groups excluding carboxylic acids is 1. The van der Waals surface area contributed by atoms with Crippen molar-refractivity contribution < 1.29 is 217 Å². The van der Waals surface area contributed by atoms with Crippen molar-refractivity contribution in [1.82, 2.24) is 10.3 Å². The zero-order chi connectivity index (χ0) is 88.1. The molecule has 0 aliphatic heterocycles. The molecule has 0 saturated heterocycles. The Morgan fingerprint density at radius 3 is 0.284 bits per heavy atom. The van der Waals surface area contributed by atoms with Crippen molar-refractivity contribution in [3.63, 3.8) is 0 Å². The summed E-state index contributed by atoms with van der Waals surface area (Å²) in [5.41, 5.74) is 1.51. The number of halogens is 1. The summed E-state index contributed by atoms with van der Waals surface area (Å²) < 4.78 is 0. The average Bonchev–Trinajstić information content (AvgIpc) is 3.76. The Balaban J connectivity index is -0.00000000577. The van der Waals surface area contributed by atoms with Crippen LogP contribution in [-0.4, -0.2) is 2540 Å². The first-order valence-electron chi connectivity index (χ1n) is 42.9. The van der Waals surface area contributed by atoms with E-state index < -0.39 is 11.9 Å². The number of hydrogen-bond acceptors (Lipinski definition) is 3. The molecule has 0 radical (unpaired) electrons. The minimum atomic E-state index is -0.549. The van der Waals surface area contributed by atoms with Gasteiger partial charge in [0.25, 0.3) is 5.91 Å². The fraction of sp³-hybridized carbons (Fsp3) is 0.800. The van der Waals surface area contributed by atoms with Gasteiger partial charge in [-0.15, -0.1) is 0 Å². The third-order valence-electron chi connectivity index (χ3n) is 1.18. The number of hydroxylamine groups is 1. The molecule has 0 rings (SSSR count). The molecule has 0 aliphatic carbocycles. The Morgan fingerprint density at radius 2 is 0.274 bits per heavy atom. The van der Waals surface area contributed by atoms with Crippen molar-refractivity contribution in [3.8, 4) is 0 Å². The second-order valence-corrected chi connectivity index (χ2v) is 2.53. The van der Waals surface area contributed by atoms with E-state index in [4.69, 9.17) is 17.0 Å². The molecule has 0 aliphatic rings. The first kappa shape index (κ1) is 358. The van der Waals surface area contributed by atoms with E-state index in [9.17, 15) is 4.79 Å². The molecule has 0 fully saturated rings. The molecule has 0 bridgehead atoms. The largest absolute Gasteiger partial charge is 0.693 e. The van der Waals surface area contributed by atoms with Crippen molar-refractivity contribution in [2.75, 3.05) is 0 Å². The summed E-state index contributed by atoms with van der Waals surface area (Å²) in [6.07, 6.45) is 0. The maximum Gasteiger partial charge on any atom is -0.693 e. The molecular weight excluding hydrogens is 3450 g/mol. The zero-order valence-corrected chi connectivity index (χ0v) is 354. The normalized spacial score (nSPS) is 4.77. The molecule has 5 N–H and O–H groups in total. The predicted octanol–water partition coefficient (Wildman–Crippen LogP) is -41.4. The van der Waals surface area contributed by atoms with E-state index in [2.05, 4.69) is 4.84 Å². The maximum atomic E-state index is 10.7. The van der Waals surface area contributed by atoms with E-state index in [0.717, 1.165) is 0 Å². The Labute approximate surface area is 2600 Å². The van der Waals surface area contributed by atoms with E-state index in [1.54, 1.807) is 0 Å². The number of rotatable bonds is 3. The maximum absolute atomic E-state index is 10.7. The summed E-state index contributed by atoms with van der Waals surface area (Å²) in [7, 11) is 0. The molecule has 0 aromatic rings. The molecule has 0 saturated carbocycles. The van der Waals surface area contributed by atoms with Crippen molar-refractivity contribution >= 4 is 2540 Å². The molecule has 5 nitrogen and oxygen atoms in total. The van der Waals surface area contributed by atoms with Crippen LogP contribution in [0, 0.1) is 5.92 Å². The SMILES string of the molecule is CC(C)C(NCl)C(=O)NO.[H-].[K+].[K+].[K+].[K+].[K][K].[K][K].[K][K].[K][K].[K][K].[K][K].[K][K].[K][K].[K][K].[K][K].[K][K].[K][K].[K][K].[K][K].[K][K].[K][K].[K][K].[K][K].[K][K].[K][K].[K][K].[K][K].[K][K].[K][K].[K][K].[K][K].[K][K].[K][K].[K][K].[K][K].[K][K].[K][K].[K][K].[K][K].[K][K].[K][K].[K][K].[K][K].[K][K].[K][K].[NH2-]. The van der Waals surface area contributed by atoms with Crippen LogP contribution in [0.1, 0.15) is 15.3 Å². The number of nitrogens with one attached hydrogen (secondary N) is 2. The van der Waals surface area contributed by atoms with Crippen LogP contribution < -0.4 is 216 Å². The first-order valence-corrected chi connectivity index (χ1v) is 683. The third-order valence-corrected chi connectivity index (χ3v) is 1.41. The minimum absolute atomic E-state index is 0. The Morgan fingerprint density at radius 1 is 0.221 bits per heavy atom. The van der Waals surface area contributed by atoms with Gasteiger partial charge in [0.1, 0.15) is 6.04 Å². The molecular formula is C5H14ClK84N3O2+2. The summed E-state index contributed by atoms with van der Waals surface area (Å²) in [4.78, 5) is 12.9. The third kappa shape index (κ3) is 546. The molecule has 90 heteroatoms. The summed E-state index contributed by atoms with van der Waals surface area (Å²) in [5, 5.41) is 8.19. The topological polar surface area (TPSA) is 94.9 Å². The molecule has 0 aromatic carbocycles. The van der Waals surface area contributed by atoms with Gasteiger partial charge >= 0.3 is 2730 Å². The Hall–Kier alpha value is 137. The van der Waals surface area contributed by atoms with Crippen LogP contribution in [0.3, 0.4) is 0 Å². The second kappa shape index (κ2) is 558. The smallest absolute Gasteiger partial charge is 0.693 e. The van der Waals surface area contributed by atoms with Gasteiger partial charge in [-0.2, -0.15) is 0 Å². The molecule has 95 heavy (non-hydrogen) atoms. The monoisotopic (exact) mass is 3460 g/mol.